The predicted octanol–water partition coefficient (Wildman–Crippen LogP) is 1.21. The van der Waals surface area contributed by atoms with Crippen LogP contribution in [-0.4, -0.2) is 35.2 Å². The highest BCUT2D eigenvalue weighted by atomic mass is 35.7. The lowest BCUT2D eigenvalue weighted by atomic mass is 10.3. The topological polar surface area (TPSA) is 81.7 Å². The third-order valence-corrected chi connectivity index (χ3v) is 3.35. The first kappa shape index (κ1) is 14.7. The Balaban J connectivity index is 3.03. The van der Waals surface area contributed by atoms with Crippen LogP contribution in [0.4, 0.5) is 5.69 Å². The molecule has 0 radical (unpaired) electrons. The van der Waals surface area contributed by atoms with Crippen molar-refractivity contribution in [1.29, 1.82) is 0 Å². The number of carbonyl (C=O) groups is 1. The molecule has 0 aliphatic heterocycles. The van der Waals surface area contributed by atoms with Crippen LogP contribution in [0, 0.1) is 0 Å². The molecule has 100 valence electrons. The van der Waals surface area contributed by atoms with E-state index in [4.69, 9.17) is 15.4 Å². The number of hydrogen-bond acceptors (Lipinski definition) is 5. The van der Waals surface area contributed by atoms with Crippen molar-refractivity contribution >= 4 is 31.3 Å². The summed E-state index contributed by atoms with van der Waals surface area (Å²) in [6.45, 7) is -0.0993. The van der Waals surface area contributed by atoms with Gasteiger partial charge in [-0.05, 0) is 12.1 Å². The zero-order chi connectivity index (χ0) is 13.8. The second kappa shape index (κ2) is 6.03. The second-order valence-electron chi connectivity index (χ2n) is 3.28. The summed E-state index contributed by atoms with van der Waals surface area (Å²) in [7, 11) is 4.04. The Morgan fingerprint density at radius 3 is 2.56 bits per heavy atom. The first-order valence-corrected chi connectivity index (χ1v) is 7.11. The Hall–Kier alpha value is -1.31. The summed E-state index contributed by atoms with van der Waals surface area (Å²) in [5.74, 6) is -0.304. The average Bonchev–Trinajstić information content (AvgIpc) is 2.27. The summed E-state index contributed by atoms with van der Waals surface area (Å²) in [4.78, 5) is 11.1. The highest BCUT2D eigenvalue weighted by Crippen LogP contribution is 2.29. The zero-order valence-corrected chi connectivity index (χ0v) is 11.3. The Morgan fingerprint density at radius 2 is 2.06 bits per heavy atom. The van der Waals surface area contributed by atoms with E-state index in [1.165, 1.54) is 32.4 Å². The molecule has 1 aromatic rings. The van der Waals surface area contributed by atoms with Gasteiger partial charge in [-0.1, -0.05) is 0 Å². The van der Waals surface area contributed by atoms with Crippen molar-refractivity contribution in [1.82, 2.24) is 0 Å². The van der Waals surface area contributed by atoms with Gasteiger partial charge in [0.2, 0.25) is 5.91 Å². The van der Waals surface area contributed by atoms with Gasteiger partial charge in [0, 0.05) is 29.5 Å². The van der Waals surface area contributed by atoms with Gasteiger partial charge < -0.3 is 14.8 Å². The minimum atomic E-state index is -3.89. The smallest absolute Gasteiger partial charge is 0.264 e. The molecule has 0 aromatic heterocycles. The van der Waals surface area contributed by atoms with Crippen LogP contribution in [0.3, 0.4) is 0 Å². The molecule has 1 rings (SSSR count). The monoisotopic (exact) mass is 293 g/mol. The lowest BCUT2D eigenvalue weighted by Crippen LogP contribution is -2.17. The molecule has 0 spiro atoms. The molecule has 0 fully saturated rings. The first-order chi connectivity index (χ1) is 8.38. The zero-order valence-electron chi connectivity index (χ0n) is 9.77. The van der Waals surface area contributed by atoms with Gasteiger partial charge in [-0.2, -0.15) is 0 Å². The van der Waals surface area contributed by atoms with Gasteiger partial charge >= 0.3 is 0 Å². The summed E-state index contributed by atoms with van der Waals surface area (Å²) in [6.07, 6.45) is 0. The van der Waals surface area contributed by atoms with Crippen molar-refractivity contribution in [2.45, 2.75) is 4.90 Å². The van der Waals surface area contributed by atoms with E-state index in [0.717, 1.165) is 0 Å². The molecule has 0 heterocycles. The fourth-order valence-corrected chi connectivity index (χ4v) is 2.27. The van der Waals surface area contributed by atoms with Crippen LogP contribution >= 0.6 is 10.7 Å². The van der Waals surface area contributed by atoms with E-state index in [2.05, 4.69) is 10.1 Å². The molecule has 8 heteroatoms. The maximum atomic E-state index is 11.3. The number of halogens is 1. The number of benzene rings is 1. The second-order valence-corrected chi connectivity index (χ2v) is 5.82. The van der Waals surface area contributed by atoms with Gasteiger partial charge in [0.15, 0.2) is 0 Å². The van der Waals surface area contributed by atoms with Gasteiger partial charge in [0.05, 0.1) is 7.11 Å². The Bertz CT molecular complexity index is 543. The molecule has 0 aliphatic carbocycles. The quantitative estimate of drug-likeness (QED) is 0.825. The van der Waals surface area contributed by atoms with E-state index >= 15 is 0 Å². The van der Waals surface area contributed by atoms with Crippen LogP contribution in [0.5, 0.6) is 5.75 Å². The van der Waals surface area contributed by atoms with Crippen molar-refractivity contribution in [2.75, 3.05) is 26.1 Å². The highest BCUT2D eigenvalue weighted by Gasteiger charge is 2.17. The standard InChI is InChI=1S/C10H12ClNO5S/c1-16-6-10(13)12-7-3-4-9(18(11,14)15)8(5-7)17-2/h3-5H,6H2,1-2H3,(H,12,13). The predicted molar refractivity (Wildman–Crippen MR) is 66.5 cm³/mol. The SMILES string of the molecule is COCC(=O)Nc1ccc(S(=O)(=O)Cl)c(OC)c1. The van der Waals surface area contributed by atoms with Crippen LogP contribution in [0.25, 0.3) is 0 Å². The first-order valence-electron chi connectivity index (χ1n) is 4.80. The van der Waals surface area contributed by atoms with Gasteiger partial charge in [0.25, 0.3) is 9.05 Å². The maximum absolute atomic E-state index is 11.3. The van der Waals surface area contributed by atoms with E-state index in [1.54, 1.807) is 0 Å². The van der Waals surface area contributed by atoms with Crippen molar-refractivity contribution in [3.63, 3.8) is 0 Å². The number of rotatable bonds is 5. The van der Waals surface area contributed by atoms with Crippen molar-refractivity contribution in [2.24, 2.45) is 0 Å². The lowest BCUT2D eigenvalue weighted by Gasteiger charge is -2.09. The van der Waals surface area contributed by atoms with Crippen LogP contribution in [0.15, 0.2) is 23.1 Å². The van der Waals surface area contributed by atoms with Crippen molar-refractivity contribution < 1.29 is 22.7 Å². The molecule has 1 N–H and O–H groups in total. The lowest BCUT2D eigenvalue weighted by molar-refractivity contribution is -0.119. The number of amides is 1. The number of carbonyl (C=O) groups excluding carboxylic acids is 1. The van der Waals surface area contributed by atoms with Crippen LogP contribution in [-0.2, 0) is 18.6 Å². The summed E-state index contributed by atoms with van der Waals surface area (Å²) in [6, 6.07) is 4.03. The van der Waals surface area contributed by atoms with E-state index < -0.39 is 9.05 Å². The fourth-order valence-electron chi connectivity index (χ4n) is 1.27. The van der Waals surface area contributed by atoms with Crippen molar-refractivity contribution in [3.8, 4) is 5.75 Å². The molecule has 1 amide bonds. The third kappa shape index (κ3) is 3.86. The van der Waals surface area contributed by atoms with Gasteiger partial charge in [-0.15, -0.1) is 0 Å². The molecule has 18 heavy (non-hydrogen) atoms. The number of methoxy groups -OCH3 is 2. The van der Waals surface area contributed by atoms with Crippen LogP contribution in [0.1, 0.15) is 0 Å². The summed E-state index contributed by atoms with van der Waals surface area (Å²) >= 11 is 0. The molecule has 0 bridgehead atoms. The summed E-state index contributed by atoms with van der Waals surface area (Å²) in [5.41, 5.74) is 0.387. The van der Waals surface area contributed by atoms with E-state index in [1.807, 2.05) is 0 Å². The number of hydrogen-bond donors (Lipinski definition) is 1. The maximum Gasteiger partial charge on any atom is 0.264 e. The van der Waals surface area contributed by atoms with E-state index in [9.17, 15) is 13.2 Å². The molecule has 1 aromatic carbocycles. The minimum Gasteiger partial charge on any atom is -0.495 e. The van der Waals surface area contributed by atoms with E-state index in [0.29, 0.717) is 5.69 Å². The summed E-state index contributed by atoms with van der Waals surface area (Å²) < 4.78 is 32.0. The number of nitrogens with one attached hydrogen (secondary N) is 1. The number of anilines is 1. The van der Waals surface area contributed by atoms with Crippen molar-refractivity contribution in [3.05, 3.63) is 18.2 Å². The number of ether oxygens (including phenoxy) is 2. The molecule has 0 saturated heterocycles. The van der Waals surface area contributed by atoms with Gasteiger partial charge in [-0.25, -0.2) is 8.42 Å². The Kier molecular flexibility index (Phi) is 4.94. The van der Waals surface area contributed by atoms with Crippen LogP contribution in [0.2, 0.25) is 0 Å². The molecule has 0 atom stereocenters. The molecular weight excluding hydrogens is 282 g/mol. The average molecular weight is 294 g/mol. The van der Waals surface area contributed by atoms with E-state index in [-0.39, 0.29) is 23.2 Å². The third-order valence-electron chi connectivity index (χ3n) is 1.99. The van der Waals surface area contributed by atoms with Gasteiger partial charge in [0.1, 0.15) is 17.3 Å². The highest BCUT2D eigenvalue weighted by molar-refractivity contribution is 8.13. The molecule has 6 nitrogen and oxygen atoms in total. The van der Waals surface area contributed by atoms with Crippen LogP contribution < -0.4 is 10.1 Å². The normalized spacial score (nSPS) is 11.1. The molecule has 0 aliphatic rings. The minimum absolute atomic E-state index is 0.0558. The Labute approximate surface area is 109 Å². The largest absolute Gasteiger partial charge is 0.495 e. The van der Waals surface area contributed by atoms with Gasteiger partial charge in [-0.3, -0.25) is 4.79 Å². The molecule has 0 saturated carbocycles. The summed E-state index contributed by atoms with van der Waals surface area (Å²) in [5, 5.41) is 2.51. The fraction of sp³-hybridized carbons (Fsp3) is 0.300. The Morgan fingerprint density at radius 1 is 1.39 bits per heavy atom. The molecule has 0 unspecified atom stereocenters. The molecular formula is C10H12ClNO5S.